The Morgan fingerprint density at radius 3 is 2.53 bits per heavy atom. The summed E-state index contributed by atoms with van der Waals surface area (Å²) in [6, 6.07) is 3.94. The van der Waals surface area contributed by atoms with Gasteiger partial charge in [-0.2, -0.15) is 9.40 Å². The highest BCUT2D eigenvalue weighted by molar-refractivity contribution is 7.89. The number of aryl methyl sites for hydroxylation is 2. The maximum absolute atomic E-state index is 13.3. The Kier molecular flexibility index (Phi) is 5.23. The SMILES string of the molecule is Cc1nn(C)c(C)c1S(=O)(=O)N1CCC(Cn2cnc3cc(F)ccc3c2=O)CC1. The third-order valence-corrected chi connectivity index (χ3v) is 8.01. The van der Waals surface area contributed by atoms with Crippen molar-refractivity contribution in [3.05, 3.63) is 52.1 Å². The second kappa shape index (κ2) is 7.59. The second-order valence-corrected chi connectivity index (χ2v) is 9.71. The third-order valence-electron chi connectivity index (χ3n) is 5.86. The van der Waals surface area contributed by atoms with E-state index in [-0.39, 0.29) is 16.4 Å². The minimum absolute atomic E-state index is 0.157. The number of piperidine rings is 1. The van der Waals surface area contributed by atoms with E-state index in [0.29, 0.717) is 54.8 Å². The normalized spacial score (nSPS) is 16.4. The lowest BCUT2D eigenvalue weighted by molar-refractivity contribution is 0.251. The number of benzene rings is 1. The van der Waals surface area contributed by atoms with Crippen LogP contribution in [0.15, 0.2) is 34.2 Å². The standard InChI is InChI=1S/C20H24FN5O3S/c1-13-19(14(2)24(3)23-13)30(28,29)26-8-6-15(7-9-26)11-25-12-22-18-10-16(21)4-5-17(18)20(25)27/h4-5,10,12,15H,6-9,11H2,1-3H3. The molecule has 1 fully saturated rings. The lowest BCUT2D eigenvalue weighted by atomic mass is 9.98. The van der Waals surface area contributed by atoms with Crippen LogP contribution in [0.1, 0.15) is 24.2 Å². The number of hydrogen-bond acceptors (Lipinski definition) is 5. The molecule has 30 heavy (non-hydrogen) atoms. The van der Waals surface area contributed by atoms with Crippen molar-refractivity contribution in [1.82, 2.24) is 23.6 Å². The van der Waals surface area contributed by atoms with E-state index >= 15 is 0 Å². The molecule has 160 valence electrons. The van der Waals surface area contributed by atoms with Gasteiger partial charge < -0.3 is 0 Å². The van der Waals surface area contributed by atoms with Gasteiger partial charge in [0.1, 0.15) is 10.7 Å². The number of halogens is 1. The van der Waals surface area contributed by atoms with Crippen molar-refractivity contribution < 1.29 is 12.8 Å². The Balaban J connectivity index is 1.49. The zero-order valence-corrected chi connectivity index (χ0v) is 18.0. The van der Waals surface area contributed by atoms with E-state index in [1.54, 1.807) is 25.6 Å². The Bertz CT molecular complexity index is 1270. The largest absolute Gasteiger partial charge is 0.298 e. The Hall–Kier alpha value is -2.59. The molecule has 3 heterocycles. The zero-order chi connectivity index (χ0) is 21.6. The van der Waals surface area contributed by atoms with E-state index in [1.807, 2.05) is 0 Å². The van der Waals surface area contributed by atoms with Crippen LogP contribution in [0.5, 0.6) is 0 Å². The molecule has 1 aromatic carbocycles. The van der Waals surface area contributed by atoms with Crippen LogP contribution in [0.3, 0.4) is 0 Å². The molecule has 0 amide bonds. The number of rotatable bonds is 4. The van der Waals surface area contributed by atoms with E-state index in [9.17, 15) is 17.6 Å². The van der Waals surface area contributed by atoms with Crippen LogP contribution < -0.4 is 5.56 Å². The molecule has 1 aliphatic heterocycles. The number of fused-ring (bicyclic) bond motifs is 1. The van der Waals surface area contributed by atoms with Gasteiger partial charge in [-0.05, 0) is 44.7 Å². The molecule has 3 aromatic rings. The van der Waals surface area contributed by atoms with Crippen molar-refractivity contribution in [3.63, 3.8) is 0 Å². The van der Waals surface area contributed by atoms with Crippen molar-refractivity contribution in [2.75, 3.05) is 13.1 Å². The highest BCUT2D eigenvalue weighted by Crippen LogP contribution is 2.28. The Labute approximate surface area is 174 Å². The summed E-state index contributed by atoms with van der Waals surface area (Å²) in [6.45, 7) is 4.70. The van der Waals surface area contributed by atoms with Crippen molar-refractivity contribution in [1.29, 1.82) is 0 Å². The average molecular weight is 434 g/mol. The summed E-state index contributed by atoms with van der Waals surface area (Å²) in [5, 5.41) is 4.60. The first kappa shape index (κ1) is 20.7. The van der Waals surface area contributed by atoms with Crippen LogP contribution in [-0.4, -0.2) is 45.1 Å². The van der Waals surface area contributed by atoms with E-state index in [2.05, 4.69) is 10.1 Å². The minimum Gasteiger partial charge on any atom is -0.298 e. The predicted octanol–water partition coefficient (Wildman–Crippen LogP) is 1.99. The van der Waals surface area contributed by atoms with Crippen LogP contribution in [0.25, 0.3) is 10.9 Å². The third kappa shape index (κ3) is 3.54. The highest BCUT2D eigenvalue weighted by atomic mass is 32.2. The molecule has 0 spiro atoms. The monoisotopic (exact) mass is 433 g/mol. The first-order chi connectivity index (χ1) is 14.2. The van der Waals surface area contributed by atoms with Crippen LogP contribution in [0.2, 0.25) is 0 Å². The predicted molar refractivity (Wildman–Crippen MR) is 110 cm³/mol. The van der Waals surface area contributed by atoms with Crippen molar-refractivity contribution >= 4 is 20.9 Å². The van der Waals surface area contributed by atoms with Crippen LogP contribution >= 0.6 is 0 Å². The number of sulfonamides is 1. The van der Waals surface area contributed by atoms with E-state index in [0.717, 1.165) is 0 Å². The van der Waals surface area contributed by atoms with Gasteiger partial charge in [0.25, 0.3) is 5.56 Å². The molecule has 0 saturated carbocycles. The van der Waals surface area contributed by atoms with Gasteiger partial charge in [0.2, 0.25) is 10.0 Å². The van der Waals surface area contributed by atoms with E-state index in [1.165, 1.54) is 33.4 Å². The number of hydrogen-bond donors (Lipinski definition) is 0. The molecular formula is C20H24FN5O3S. The Morgan fingerprint density at radius 2 is 1.90 bits per heavy atom. The van der Waals surface area contributed by atoms with Crippen molar-refractivity contribution in [3.8, 4) is 0 Å². The van der Waals surface area contributed by atoms with Gasteiger partial charge in [-0.1, -0.05) is 0 Å². The fourth-order valence-electron chi connectivity index (χ4n) is 4.13. The highest BCUT2D eigenvalue weighted by Gasteiger charge is 2.33. The fraction of sp³-hybridized carbons (Fsp3) is 0.450. The first-order valence-corrected chi connectivity index (χ1v) is 11.3. The van der Waals surface area contributed by atoms with Gasteiger partial charge in [0, 0.05) is 32.7 Å². The van der Waals surface area contributed by atoms with E-state index in [4.69, 9.17) is 0 Å². The number of aromatic nitrogens is 4. The lowest BCUT2D eigenvalue weighted by Crippen LogP contribution is -2.40. The number of nitrogens with zero attached hydrogens (tertiary/aromatic N) is 5. The summed E-state index contributed by atoms with van der Waals surface area (Å²) in [7, 11) is -1.87. The van der Waals surface area contributed by atoms with Crippen molar-refractivity contribution in [2.24, 2.45) is 13.0 Å². The molecule has 4 rings (SSSR count). The molecular weight excluding hydrogens is 409 g/mol. The quantitative estimate of drug-likeness (QED) is 0.628. The zero-order valence-electron chi connectivity index (χ0n) is 17.2. The minimum atomic E-state index is -3.61. The summed E-state index contributed by atoms with van der Waals surface area (Å²) >= 11 is 0. The summed E-state index contributed by atoms with van der Waals surface area (Å²) in [6.07, 6.45) is 2.73. The fourth-order valence-corrected chi connectivity index (χ4v) is 6.00. The second-order valence-electron chi connectivity index (χ2n) is 7.83. The molecule has 0 atom stereocenters. The smallest absolute Gasteiger partial charge is 0.261 e. The first-order valence-electron chi connectivity index (χ1n) is 9.83. The van der Waals surface area contributed by atoms with Gasteiger partial charge in [0.05, 0.1) is 28.6 Å². The van der Waals surface area contributed by atoms with Crippen LogP contribution in [-0.2, 0) is 23.6 Å². The van der Waals surface area contributed by atoms with Gasteiger partial charge in [-0.3, -0.25) is 14.0 Å². The molecule has 8 nitrogen and oxygen atoms in total. The summed E-state index contributed by atoms with van der Waals surface area (Å²) in [4.78, 5) is 17.2. The molecule has 0 aliphatic carbocycles. The molecule has 0 N–H and O–H groups in total. The van der Waals surface area contributed by atoms with E-state index < -0.39 is 15.8 Å². The molecule has 0 unspecified atom stereocenters. The molecule has 0 radical (unpaired) electrons. The lowest BCUT2D eigenvalue weighted by Gasteiger charge is -2.31. The summed E-state index contributed by atoms with van der Waals surface area (Å²) in [5.74, 6) is -0.273. The molecule has 2 aromatic heterocycles. The molecule has 10 heteroatoms. The van der Waals surface area contributed by atoms with Gasteiger partial charge in [-0.25, -0.2) is 17.8 Å². The van der Waals surface area contributed by atoms with Crippen LogP contribution in [0.4, 0.5) is 4.39 Å². The van der Waals surface area contributed by atoms with Crippen LogP contribution in [0, 0.1) is 25.6 Å². The molecule has 0 bridgehead atoms. The van der Waals surface area contributed by atoms with Gasteiger partial charge >= 0.3 is 0 Å². The average Bonchev–Trinajstić information content (AvgIpc) is 2.96. The maximum atomic E-state index is 13.3. The molecule has 1 aliphatic rings. The van der Waals surface area contributed by atoms with Gasteiger partial charge in [0.15, 0.2) is 0 Å². The molecule has 1 saturated heterocycles. The maximum Gasteiger partial charge on any atom is 0.261 e. The summed E-state index contributed by atoms with van der Waals surface area (Å²) in [5.41, 5.74) is 1.25. The summed E-state index contributed by atoms with van der Waals surface area (Å²) < 4.78 is 44.2. The van der Waals surface area contributed by atoms with Gasteiger partial charge in [-0.15, -0.1) is 0 Å². The Morgan fingerprint density at radius 1 is 1.20 bits per heavy atom. The topological polar surface area (TPSA) is 90.1 Å². The van der Waals surface area contributed by atoms with Crippen molar-refractivity contribution in [2.45, 2.75) is 38.1 Å².